The van der Waals surface area contributed by atoms with Crippen LogP contribution >= 0.6 is 15.9 Å². The SMILES string of the molecule is O=C(Cc1ccc(Br)cn1)c1ccc(F)c2ccccc12. The number of benzene rings is 2. The molecule has 0 saturated carbocycles. The van der Waals surface area contributed by atoms with Gasteiger partial charge in [-0.3, -0.25) is 9.78 Å². The van der Waals surface area contributed by atoms with Crippen LogP contribution in [0.15, 0.2) is 59.2 Å². The van der Waals surface area contributed by atoms with Crippen LogP contribution in [0.2, 0.25) is 0 Å². The lowest BCUT2D eigenvalue weighted by atomic mass is 9.98. The molecule has 0 radical (unpaired) electrons. The zero-order valence-corrected chi connectivity index (χ0v) is 12.6. The standard InChI is InChI=1S/C17H11BrFNO/c18-11-5-6-12(20-10-11)9-17(21)15-7-8-16(19)14-4-2-1-3-13(14)15/h1-8,10H,9H2. The molecule has 3 rings (SSSR count). The zero-order chi connectivity index (χ0) is 14.8. The summed E-state index contributed by atoms with van der Waals surface area (Å²) in [4.78, 5) is 16.6. The predicted molar refractivity (Wildman–Crippen MR) is 83.9 cm³/mol. The van der Waals surface area contributed by atoms with Crippen LogP contribution in [0.1, 0.15) is 16.1 Å². The number of ketones is 1. The molecule has 0 bridgehead atoms. The summed E-state index contributed by atoms with van der Waals surface area (Å²) in [6.45, 7) is 0. The molecule has 0 aliphatic heterocycles. The fourth-order valence-corrected chi connectivity index (χ4v) is 2.51. The number of carbonyl (C=O) groups excluding carboxylic acids is 1. The van der Waals surface area contributed by atoms with Crippen molar-refractivity contribution in [2.24, 2.45) is 0 Å². The molecule has 0 N–H and O–H groups in total. The maximum absolute atomic E-state index is 13.8. The van der Waals surface area contributed by atoms with Crippen molar-refractivity contribution in [3.05, 3.63) is 76.3 Å². The first-order valence-electron chi connectivity index (χ1n) is 6.46. The fraction of sp³-hybridized carbons (Fsp3) is 0.0588. The Morgan fingerprint density at radius 2 is 1.81 bits per heavy atom. The number of rotatable bonds is 3. The Kier molecular flexibility index (Phi) is 3.80. The zero-order valence-electron chi connectivity index (χ0n) is 11.0. The third kappa shape index (κ3) is 2.85. The normalized spacial score (nSPS) is 10.8. The molecule has 2 nitrogen and oxygen atoms in total. The van der Waals surface area contributed by atoms with E-state index in [1.165, 1.54) is 6.07 Å². The molecule has 0 aliphatic carbocycles. The highest BCUT2D eigenvalue weighted by Gasteiger charge is 2.13. The Hall–Kier alpha value is -2.07. The quantitative estimate of drug-likeness (QED) is 0.652. The molecule has 4 heteroatoms. The first kappa shape index (κ1) is 13.9. The molecule has 0 aliphatic rings. The van der Waals surface area contributed by atoms with Gasteiger partial charge in [0.15, 0.2) is 5.78 Å². The summed E-state index contributed by atoms with van der Waals surface area (Å²) >= 11 is 3.31. The van der Waals surface area contributed by atoms with Crippen molar-refractivity contribution < 1.29 is 9.18 Å². The number of nitrogens with zero attached hydrogens (tertiary/aromatic N) is 1. The van der Waals surface area contributed by atoms with Crippen LogP contribution in [0.4, 0.5) is 4.39 Å². The van der Waals surface area contributed by atoms with E-state index in [9.17, 15) is 9.18 Å². The molecule has 0 saturated heterocycles. The topological polar surface area (TPSA) is 30.0 Å². The molecular weight excluding hydrogens is 333 g/mol. The largest absolute Gasteiger partial charge is 0.294 e. The Bertz CT molecular complexity index is 815. The second-order valence-corrected chi connectivity index (χ2v) is 5.62. The molecule has 2 aromatic carbocycles. The van der Waals surface area contributed by atoms with E-state index < -0.39 is 0 Å². The number of carbonyl (C=O) groups is 1. The summed E-state index contributed by atoms with van der Waals surface area (Å²) in [6, 6.07) is 13.5. The average molecular weight is 344 g/mol. The van der Waals surface area contributed by atoms with E-state index in [1.54, 1.807) is 42.6 Å². The maximum atomic E-state index is 13.8. The smallest absolute Gasteiger partial charge is 0.169 e. The predicted octanol–water partition coefficient (Wildman–Crippen LogP) is 4.56. The van der Waals surface area contributed by atoms with Gasteiger partial charge in [-0.2, -0.15) is 0 Å². The molecule has 0 unspecified atom stereocenters. The van der Waals surface area contributed by atoms with Gasteiger partial charge in [0.05, 0.1) is 6.42 Å². The summed E-state index contributed by atoms with van der Waals surface area (Å²) in [6.07, 6.45) is 1.86. The molecule has 0 fully saturated rings. The van der Waals surface area contributed by atoms with Gasteiger partial charge in [-0.1, -0.05) is 24.3 Å². The van der Waals surface area contributed by atoms with E-state index in [1.807, 2.05) is 6.07 Å². The lowest BCUT2D eigenvalue weighted by molar-refractivity contribution is 0.0993. The first-order valence-corrected chi connectivity index (χ1v) is 7.25. The number of hydrogen-bond acceptors (Lipinski definition) is 2. The van der Waals surface area contributed by atoms with E-state index in [-0.39, 0.29) is 18.0 Å². The minimum absolute atomic E-state index is 0.0685. The van der Waals surface area contributed by atoms with Crippen molar-refractivity contribution in [2.45, 2.75) is 6.42 Å². The first-order chi connectivity index (χ1) is 10.1. The maximum Gasteiger partial charge on any atom is 0.169 e. The van der Waals surface area contributed by atoms with Crippen molar-refractivity contribution in [3.63, 3.8) is 0 Å². The average Bonchev–Trinajstić information content (AvgIpc) is 2.50. The van der Waals surface area contributed by atoms with Gasteiger partial charge in [0.25, 0.3) is 0 Å². The van der Waals surface area contributed by atoms with Crippen LogP contribution in [0.25, 0.3) is 10.8 Å². The minimum Gasteiger partial charge on any atom is -0.294 e. The lowest BCUT2D eigenvalue weighted by Gasteiger charge is -2.06. The Morgan fingerprint density at radius 3 is 2.52 bits per heavy atom. The molecule has 0 amide bonds. The molecule has 21 heavy (non-hydrogen) atoms. The van der Waals surface area contributed by atoms with Crippen molar-refractivity contribution in [1.82, 2.24) is 4.98 Å². The monoisotopic (exact) mass is 343 g/mol. The Morgan fingerprint density at radius 1 is 1.05 bits per heavy atom. The summed E-state index contributed by atoms with van der Waals surface area (Å²) in [5, 5.41) is 1.10. The summed E-state index contributed by atoms with van der Waals surface area (Å²) in [7, 11) is 0. The number of halogens is 2. The summed E-state index contributed by atoms with van der Waals surface area (Å²) < 4.78 is 14.6. The van der Waals surface area contributed by atoms with Gasteiger partial charge < -0.3 is 0 Å². The van der Waals surface area contributed by atoms with Gasteiger partial charge in [0.1, 0.15) is 5.82 Å². The lowest BCUT2D eigenvalue weighted by Crippen LogP contribution is -2.06. The van der Waals surface area contributed by atoms with E-state index >= 15 is 0 Å². The van der Waals surface area contributed by atoms with E-state index in [0.717, 1.165) is 4.47 Å². The van der Waals surface area contributed by atoms with Crippen LogP contribution in [0, 0.1) is 5.82 Å². The molecule has 1 aromatic heterocycles. The molecule has 3 aromatic rings. The molecule has 0 atom stereocenters. The van der Waals surface area contributed by atoms with Gasteiger partial charge in [0.2, 0.25) is 0 Å². The number of pyridine rings is 1. The van der Waals surface area contributed by atoms with Crippen LogP contribution in [-0.4, -0.2) is 10.8 Å². The number of aromatic nitrogens is 1. The molecule has 0 spiro atoms. The summed E-state index contributed by atoms with van der Waals surface area (Å²) in [5.74, 6) is -0.384. The Balaban J connectivity index is 1.98. The highest BCUT2D eigenvalue weighted by Crippen LogP contribution is 2.23. The van der Waals surface area contributed by atoms with Crippen molar-refractivity contribution in [1.29, 1.82) is 0 Å². The van der Waals surface area contributed by atoms with Crippen LogP contribution in [0.3, 0.4) is 0 Å². The Labute approximate surface area is 129 Å². The minimum atomic E-state index is -0.316. The van der Waals surface area contributed by atoms with E-state index in [2.05, 4.69) is 20.9 Å². The van der Waals surface area contributed by atoms with E-state index in [0.29, 0.717) is 22.0 Å². The van der Waals surface area contributed by atoms with Crippen LogP contribution < -0.4 is 0 Å². The number of Topliss-reactive ketones (excluding diaryl/α,β-unsaturated/α-hetero) is 1. The van der Waals surface area contributed by atoms with Crippen molar-refractivity contribution >= 4 is 32.5 Å². The highest BCUT2D eigenvalue weighted by atomic mass is 79.9. The third-order valence-corrected chi connectivity index (χ3v) is 3.77. The van der Waals surface area contributed by atoms with Crippen molar-refractivity contribution in [3.8, 4) is 0 Å². The van der Waals surface area contributed by atoms with Gasteiger partial charge in [0, 0.05) is 27.3 Å². The van der Waals surface area contributed by atoms with Crippen LogP contribution in [0.5, 0.6) is 0 Å². The van der Waals surface area contributed by atoms with Crippen molar-refractivity contribution in [2.75, 3.05) is 0 Å². The highest BCUT2D eigenvalue weighted by molar-refractivity contribution is 9.10. The van der Waals surface area contributed by atoms with Gasteiger partial charge in [-0.15, -0.1) is 0 Å². The number of hydrogen-bond donors (Lipinski definition) is 0. The second kappa shape index (κ2) is 5.74. The second-order valence-electron chi connectivity index (χ2n) is 4.71. The number of fused-ring (bicyclic) bond motifs is 1. The molecule has 1 heterocycles. The van der Waals surface area contributed by atoms with Gasteiger partial charge in [-0.25, -0.2) is 4.39 Å². The van der Waals surface area contributed by atoms with Gasteiger partial charge in [-0.05, 0) is 45.6 Å². The van der Waals surface area contributed by atoms with Crippen LogP contribution in [-0.2, 0) is 6.42 Å². The molecular formula is C17H11BrFNO. The summed E-state index contributed by atoms with van der Waals surface area (Å²) in [5.41, 5.74) is 1.22. The van der Waals surface area contributed by atoms with E-state index in [4.69, 9.17) is 0 Å². The van der Waals surface area contributed by atoms with Gasteiger partial charge >= 0.3 is 0 Å². The third-order valence-electron chi connectivity index (χ3n) is 3.30. The fourth-order valence-electron chi connectivity index (χ4n) is 2.28. The molecule has 104 valence electrons.